The van der Waals surface area contributed by atoms with E-state index in [0.29, 0.717) is 5.69 Å². The molecule has 0 unspecified atom stereocenters. The van der Waals surface area contributed by atoms with Crippen LogP contribution in [0.15, 0.2) is 48.0 Å². The molecule has 32 heavy (non-hydrogen) atoms. The van der Waals surface area contributed by atoms with E-state index in [2.05, 4.69) is 25.6 Å². The van der Waals surface area contributed by atoms with Gasteiger partial charge in [0.2, 0.25) is 6.17 Å². The van der Waals surface area contributed by atoms with Crippen molar-refractivity contribution in [2.75, 3.05) is 16.8 Å². The van der Waals surface area contributed by atoms with E-state index >= 15 is 0 Å². The van der Waals surface area contributed by atoms with E-state index in [1.54, 1.807) is 6.92 Å². The Morgan fingerprint density at radius 2 is 1.91 bits per heavy atom. The number of hydrogen-bond acceptors (Lipinski definition) is 7. The molecule has 13 heteroatoms. The van der Waals surface area contributed by atoms with Gasteiger partial charge in [0.15, 0.2) is 5.82 Å². The molecule has 1 atom stereocenters. The average molecular weight is 445 g/mol. The Hall–Kier alpha value is -4.16. The molecule has 0 saturated heterocycles. The summed E-state index contributed by atoms with van der Waals surface area (Å²) in [5.74, 6) is -1.30. The first-order valence-corrected chi connectivity index (χ1v) is 9.18. The number of aryl methyl sites for hydroxylation is 1. The molecule has 0 fully saturated rings. The Labute approximate surface area is 178 Å². The molecule has 2 aromatic heterocycles. The van der Waals surface area contributed by atoms with Crippen molar-refractivity contribution in [1.82, 2.24) is 19.7 Å². The number of nitrogens with one attached hydrogen (secondary N) is 1. The summed E-state index contributed by atoms with van der Waals surface area (Å²) < 4.78 is 39.6. The number of amides is 2. The van der Waals surface area contributed by atoms with Crippen molar-refractivity contribution < 1.29 is 22.8 Å². The summed E-state index contributed by atoms with van der Waals surface area (Å²) in [6.07, 6.45) is -1.80. The van der Waals surface area contributed by atoms with Gasteiger partial charge in [-0.05, 0) is 36.4 Å². The maximum Gasteiger partial charge on any atom is 0.416 e. The minimum atomic E-state index is -4.54. The Morgan fingerprint density at radius 3 is 2.53 bits per heavy atom. The van der Waals surface area contributed by atoms with E-state index in [0.717, 1.165) is 40.0 Å². The van der Waals surface area contributed by atoms with Gasteiger partial charge in [-0.25, -0.2) is 9.67 Å². The number of fused-ring (bicyclic) bond motifs is 1. The number of rotatable bonds is 4. The molecule has 1 N–H and O–H groups in total. The van der Waals surface area contributed by atoms with Crippen LogP contribution in [0.5, 0.6) is 0 Å². The van der Waals surface area contributed by atoms with Crippen LogP contribution in [0.25, 0.3) is 0 Å². The number of alkyl halides is 3. The van der Waals surface area contributed by atoms with Crippen molar-refractivity contribution in [2.45, 2.75) is 19.3 Å². The Balaban J connectivity index is 1.68. The quantitative estimate of drug-likeness (QED) is 0.616. The van der Waals surface area contributed by atoms with Gasteiger partial charge in [-0.3, -0.25) is 14.6 Å². The van der Waals surface area contributed by atoms with Gasteiger partial charge in [0.1, 0.15) is 5.69 Å². The minimum Gasteiger partial charge on any atom is -0.305 e. The van der Waals surface area contributed by atoms with Crippen molar-refractivity contribution >= 4 is 23.3 Å². The molecule has 164 valence electrons. The fourth-order valence-electron chi connectivity index (χ4n) is 3.26. The van der Waals surface area contributed by atoms with Crippen molar-refractivity contribution in [2.24, 2.45) is 5.18 Å². The molecule has 10 nitrogen and oxygen atoms in total. The SMILES string of the molecule is Cc1cncc(NC(=O)c2cnn3c2C(=O)N(c2ccc(C(F)(F)F)cc2)C[C@@H]3N=O)n1. The zero-order valence-electron chi connectivity index (χ0n) is 16.4. The molecular formula is C19H14F3N7O3. The number of carbonyl (C=O) groups is 2. The molecule has 3 aromatic rings. The molecule has 4 rings (SSSR count). The lowest BCUT2D eigenvalue weighted by Crippen LogP contribution is -2.43. The summed E-state index contributed by atoms with van der Waals surface area (Å²) in [5, 5.41) is 9.39. The van der Waals surface area contributed by atoms with Gasteiger partial charge in [0.25, 0.3) is 11.8 Å². The van der Waals surface area contributed by atoms with Crippen molar-refractivity contribution in [3.05, 3.63) is 70.3 Å². The van der Waals surface area contributed by atoms with Crippen LogP contribution < -0.4 is 10.2 Å². The monoisotopic (exact) mass is 445 g/mol. The van der Waals surface area contributed by atoms with Crippen LogP contribution in [-0.4, -0.2) is 38.1 Å². The lowest BCUT2D eigenvalue weighted by molar-refractivity contribution is -0.137. The summed E-state index contributed by atoms with van der Waals surface area (Å²) in [7, 11) is 0. The highest BCUT2D eigenvalue weighted by molar-refractivity contribution is 6.15. The zero-order valence-corrected chi connectivity index (χ0v) is 16.4. The number of aromatic nitrogens is 4. The lowest BCUT2D eigenvalue weighted by atomic mass is 10.1. The highest BCUT2D eigenvalue weighted by Crippen LogP contribution is 2.33. The van der Waals surface area contributed by atoms with E-state index in [4.69, 9.17) is 0 Å². The Morgan fingerprint density at radius 1 is 1.19 bits per heavy atom. The first kappa shape index (κ1) is 21.1. The molecule has 0 saturated carbocycles. The molecule has 3 heterocycles. The van der Waals surface area contributed by atoms with Crippen LogP contribution in [0, 0.1) is 11.8 Å². The van der Waals surface area contributed by atoms with Crippen LogP contribution in [0.2, 0.25) is 0 Å². The molecule has 1 aliphatic rings. The van der Waals surface area contributed by atoms with E-state index in [-0.39, 0.29) is 29.3 Å². The van der Waals surface area contributed by atoms with Crippen LogP contribution >= 0.6 is 0 Å². The third-order valence-corrected chi connectivity index (χ3v) is 4.74. The van der Waals surface area contributed by atoms with Gasteiger partial charge in [-0.2, -0.15) is 18.3 Å². The van der Waals surface area contributed by atoms with Crippen molar-refractivity contribution in [3.63, 3.8) is 0 Å². The number of nitrogens with zero attached hydrogens (tertiary/aromatic N) is 6. The molecule has 0 bridgehead atoms. The number of benzene rings is 1. The fraction of sp³-hybridized carbons (Fsp3) is 0.211. The standard InChI is InChI=1S/C19H14F3N7O3/c1-10-6-23-8-14(25-10)26-17(30)13-7-24-29-15(27-32)9-28(18(31)16(13)29)12-4-2-11(3-5-12)19(20,21)22/h2-8,15H,9H2,1H3,(H,25,26,30)/t15-/m1/s1. The summed E-state index contributed by atoms with van der Waals surface area (Å²) in [6, 6.07) is 3.86. The highest BCUT2D eigenvalue weighted by Gasteiger charge is 2.38. The normalized spacial score (nSPS) is 15.9. The van der Waals surface area contributed by atoms with Crippen molar-refractivity contribution in [1.29, 1.82) is 0 Å². The number of halogens is 3. The maximum absolute atomic E-state index is 13.1. The van der Waals surface area contributed by atoms with Crippen LogP contribution in [0.3, 0.4) is 0 Å². The number of anilines is 2. The third kappa shape index (κ3) is 3.79. The van der Waals surface area contributed by atoms with E-state index < -0.39 is 29.7 Å². The van der Waals surface area contributed by atoms with Crippen LogP contribution in [0.1, 0.15) is 38.3 Å². The van der Waals surface area contributed by atoms with E-state index in [9.17, 15) is 27.7 Å². The highest BCUT2D eigenvalue weighted by atomic mass is 19.4. The smallest absolute Gasteiger partial charge is 0.305 e. The van der Waals surface area contributed by atoms with Gasteiger partial charge in [0.05, 0.1) is 35.8 Å². The predicted molar refractivity (Wildman–Crippen MR) is 105 cm³/mol. The summed E-state index contributed by atoms with van der Waals surface area (Å²) in [4.78, 5) is 46.4. The number of nitroso groups, excluding NO2 is 1. The second-order valence-electron chi connectivity index (χ2n) is 6.90. The lowest BCUT2D eigenvalue weighted by Gasteiger charge is -2.30. The Kier molecular flexibility index (Phi) is 5.16. The predicted octanol–water partition coefficient (Wildman–Crippen LogP) is 3.18. The molecule has 0 spiro atoms. The Bertz CT molecular complexity index is 1210. The first-order valence-electron chi connectivity index (χ1n) is 9.18. The molecule has 0 radical (unpaired) electrons. The third-order valence-electron chi connectivity index (χ3n) is 4.74. The van der Waals surface area contributed by atoms with Gasteiger partial charge in [-0.15, -0.1) is 4.91 Å². The largest absolute Gasteiger partial charge is 0.416 e. The maximum atomic E-state index is 13.1. The molecular weight excluding hydrogens is 431 g/mol. The number of hydrogen-bond donors (Lipinski definition) is 1. The molecule has 0 aliphatic carbocycles. The average Bonchev–Trinajstić information content (AvgIpc) is 3.20. The van der Waals surface area contributed by atoms with E-state index in [1.807, 2.05) is 0 Å². The van der Waals surface area contributed by atoms with Crippen LogP contribution in [0.4, 0.5) is 24.7 Å². The van der Waals surface area contributed by atoms with Crippen molar-refractivity contribution in [3.8, 4) is 0 Å². The fourth-order valence-corrected chi connectivity index (χ4v) is 3.26. The summed E-state index contributed by atoms with van der Waals surface area (Å²) in [5.41, 5.74) is -0.600. The molecule has 1 aromatic carbocycles. The number of carbonyl (C=O) groups excluding carboxylic acids is 2. The van der Waals surface area contributed by atoms with Gasteiger partial charge < -0.3 is 10.2 Å². The first-order chi connectivity index (χ1) is 15.2. The molecule has 1 aliphatic heterocycles. The molecule has 2 amide bonds. The van der Waals surface area contributed by atoms with Gasteiger partial charge in [0, 0.05) is 11.9 Å². The second kappa shape index (κ2) is 7.83. The second-order valence-corrected chi connectivity index (χ2v) is 6.90. The summed E-state index contributed by atoms with van der Waals surface area (Å²) >= 11 is 0. The van der Waals surface area contributed by atoms with Gasteiger partial charge >= 0.3 is 6.18 Å². The van der Waals surface area contributed by atoms with Gasteiger partial charge in [-0.1, -0.05) is 0 Å². The zero-order chi connectivity index (χ0) is 23.0. The minimum absolute atomic E-state index is 0.111. The van der Waals surface area contributed by atoms with Crippen LogP contribution in [-0.2, 0) is 6.18 Å². The topological polar surface area (TPSA) is 122 Å². The van der Waals surface area contributed by atoms with E-state index in [1.165, 1.54) is 12.4 Å². The summed E-state index contributed by atoms with van der Waals surface area (Å²) in [6.45, 7) is 1.42.